The zero-order chi connectivity index (χ0) is 11.8. The molecule has 84 valence electrons. The maximum absolute atomic E-state index is 11.3. The molecule has 3 rings (SSSR count). The number of nitrogens with zero attached hydrogens (tertiary/aromatic N) is 1. The number of esters is 1. The van der Waals surface area contributed by atoms with Crippen LogP contribution >= 0.6 is 0 Å². The molecule has 1 aromatic carbocycles. The Kier molecular flexibility index (Phi) is 1.98. The van der Waals surface area contributed by atoms with E-state index in [1.165, 1.54) is 4.73 Å². The van der Waals surface area contributed by atoms with E-state index < -0.39 is 11.9 Å². The number of ether oxygens (including phenoxy) is 1. The number of para-hydroxylation sites is 1. The minimum atomic E-state index is -0.621. The van der Waals surface area contributed by atoms with E-state index in [4.69, 9.17) is 9.57 Å². The van der Waals surface area contributed by atoms with Crippen molar-refractivity contribution in [2.45, 2.75) is 0 Å². The third-order valence-corrected chi connectivity index (χ3v) is 2.38. The number of benzene rings is 1. The first-order valence-electron chi connectivity index (χ1n) is 4.97. The normalized spacial score (nSPS) is 16.7. The lowest BCUT2D eigenvalue weighted by atomic mass is 10.3. The Hall–Kier alpha value is -2.56. The van der Waals surface area contributed by atoms with Gasteiger partial charge in [0, 0.05) is 23.6 Å². The van der Waals surface area contributed by atoms with Crippen molar-refractivity contribution < 1.29 is 19.2 Å². The molecule has 1 aliphatic rings. The van der Waals surface area contributed by atoms with Gasteiger partial charge in [-0.3, -0.25) is 0 Å². The zero-order valence-electron chi connectivity index (χ0n) is 8.62. The molecule has 5 nitrogen and oxygen atoms in total. The molecule has 2 heterocycles. The van der Waals surface area contributed by atoms with Crippen molar-refractivity contribution in [2.24, 2.45) is 0 Å². The van der Waals surface area contributed by atoms with Crippen LogP contribution in [0.15, 0.2) is 42.5 Å². The van der Waals surface area contributed by atoms with Crippen LogP contribution in [0.2, 0.25) is 0 Å². The number of carbonyl (C=O) groups is 2. The third-order valence-electron chi connectivity index (χ3n) is 2.38. The average molecular weight is 229 g/mol. The van der Waals surface area contributed by atoms with Gasteiger partial charge in [-0.05, 0) is 6.07 Å². The highest BCUT2D eigenvalue weighted by Gasteiger charge is 2.17. The fourth-order valence-corrected chi connectivity index (χ4v) is 1.66. The van der Waals surface area contributed by atoms with E-state index in [1.54, 1.807) is 18.2 Å². The molecular formula is C12H7NO4. The summed E-state index contributed by atoms with van der Waals surface area (Å²) in [6.45, 7) is 0. The lowest BCUT2D eigenvalue weighted by molar-refractivity contribution is -0.141. The molecule has 0 saturated heterocycles. The Bertz CT molecular complexity index is 654. The van der Waals surface area contributed by atoms with Crippen molar-refractivity contribution in [1.29, 1.82) is 0 Å². The number of rotatable bonds is 0. The SMILES string of the molecule is O=C1/C=C\C(=O)On2c(cc3ccccc32)O1. The Balaban J connectivity index is 2.23. The minimum absolute atomic E-state index is 0.189. The Morgan fingerprint density at radius 2 is 1.76 bits per heavy atom. The van der Waals surface area contributed by atoms with Crippen molar-refractivity contribution in [3.8, 4) is 5.88 Å². The molecule has 2 aromatic rings. The molecule has 0 N–H and O–H groups in total. The molecule has 0 atom stereocenters. The molecule has 0 bridgehead atoms. The van der Waals surface area contributed by atoms with Crippen LogP contribution < -0.4 is 9.57 Å². The topological polar surface area (TPSA) is 57.5 Å². The van der Waals surface area contributed by atoms with Gasteiger partial charge in [0.2, 0.25) is 5.88 Å². The van der Waals surface area contributed by atoms with Crippen molar-refractivity contribution in [1.82, 2.24) is 4.73 Å². The summed E-state index contributed by atoms with van der Waals surface area (Å²) in [5.74, 6) is -1.04. The van der Waals surface area contributed by atoms with Gasteiger partial charge in [-0.2, -0.15) is 0 Å². The molecule has 0 spiro atoms. The molecule has 0 radical (unpaired) electrons. The second kappa shape index (κ2) is 3.48. The van der Waals surface area contributed by atoms with Crippen molar-refractivity contribution in [3.05, 3.63) is 42.5 Å². The second-order valence-electron chi connectivity index (χ2n) is 3.50. The van der Waals surface area contributed by atoms with Crippen LogP contribution in [-0.4, -0.2) is 16.7 Å². The predicted molar refractivity (Wildman–Crippen MR) is 58.3 cm³/mol. The number of carbonyl (C=O) groups excluding carboxylic acids is 2. The van der Waals surface area contributed by atoms with Crippen LogP contribution in [0.5, 0.6) is 5.88 Å². The molecule has 0 aliphatic carbocycles. The molecule has 0 fully saturated rings. The summed E-state index contributed by atoms with van der Waals surface area (Å²) in [6, 6.07) is 8.89. The second-order valence-corrected chi connectivity index (χ2v) is 3.50. The molecule has 0 unspecified atom stereocenters. The maximum Gasteiger partial charge on any atom is 0.356 e. The van der Waals surface area contributed by atoms with Crippen molar-refractivity contribution in [3.63, 3.8) is 0 Å². The summed E-state index contributed by atoms with van der Waals surface area (Å²) in [6.07, 6.45) is 2.06. The minimum Gasteiger partial charge on any atom is -0.403 e. The van der Waals surface area contributed by atoms with Crippen LogP contribution in [0.4, 0.5) is 0 Å². The van der Waals surface area contributed by atoms with Crippen molar-refractivity contribution >= 4 is 22.8 Å². The summed E-state index contributed by atoms with van der Waals surface area (Å²) in [5, 5.41) is 0.824. The van der Waals surface area contributed by atoms with Crippen LogP contribution in [0, 0.1) is 0 Å². The molecular weight excluding hydrogens is 222 g/mol. The predicted octanol–water partition coefficient (Wildman–Crippen LogP) is 1.07. The van der Waals surface area contributed by atoms with Crippen LogP contribution in [0.1, 0.15) is 0 Å². The van der Waals surface area contributed by atoms with Gasteiger partial charge in [-0.1, -0.05) is 18.2 Å². The highest BCUT2D eigenvalue weighted by Crippen LogP contribution is 2.25. The smallest absolute Gasteiger partial charge is 0.356 e. The van der Waals surface area contributed by atoms with Gasteiger partial charge in [0.1, 0.15) is 0 Å². The van der Waals surface area contributed by atoms with Gasteiger partial charge < -0.3 is 9.57 Å². The third kappa shape index (κ3) is 1.57. The number of hydrogen-bond donors (Lipinski definition) is 0. The summed E-state index contributed by atoms with van der Waals surface area (Å²) >= 11 is 0. The standard InChI is InChI=1S/C12H7NO4/c14-11-5-6-12(15)17-13-9-4-2-1-3-8(9)7-10(13)16-11/h1-7H/b6-5-. The van der Waals surface area contributed by atoms with Crippen molar-refractivity contribution in [2.75, 3.05) is 0 Å². The molecule has 1 aromatic heterocycles. The zero-order valence-corrected chi connectivity index (χ0v) is 8.62. The number of fused-ring (bicyclic) bond motifs is 3. The van der Waals surface area contributed by atoms with E-state index in [2.05, 4.69) is 0 Å². The Morgan fingerprint density at radius 3 is 2.65 bits per heavy atom. The summed E-state index contributed by atoms with van der Waals surface area (Å²) in [5.41, 5.74) is 0.666. The average Bonchev–Trinajstić information content (AvgIpc) is 2.63. The van der Waals surface area contributed by atoms with Gasteiger partial charge in [-0.15, -0.1) is 4.73 Å². The first-order chi connectivity index (χ1) is 8.24. The van der Waals surface area contributed by atoms with Gasteiger partial charge in [-0.25, -0.2) is 9.59 Å². The van der Waals surface area contributed by atoms with E-state index in [0.717, 1.165) is 17.5 Å². The molecule has 17 heavy (non-hydrogen) atoms. The van der Waals surface area contributed by atoms with Crippen LogP contribution in [0.3, 0.4) is 0 Å². The van der Waals surface area contributed by atoms with Gasteiger partial charge in [0.05, 0.1) is 5.52 Å². The lowest BCUT2D eigenvalue weighted by Crippen LogP contribution is -2.22. The summed E-state index contributed by atoms with van der Waals surface area (Å²) in [4.78, 5) is 27.7. The fourth-order valence-electron chi connectivity index (χ4n) is 1.66. The molecule has 1 aliphatic heterocycles. The highest BCUT2D eigenvalue weighted by molar-refractivity contribution is 5.94. The lowest BCUT2D eigenvalue weighted by Gasteiger charge is -2.10. The number of hydrogen-bond acceptors (Lipinski definition) is 4. The summed E-state index contributed by atoms with van der Waals surface area (Å²) in [7, 11) is 0. The number of aromatic nitrogens is 1. The van der Waals surface area contributed by atoms with E-state index >= 15 is 0 Å². The van der Waals surface area contributed by atoms with Crippen LogP contribution in [-0.2, 0) is 9.59 Å². The Morgan fingerprint density at radius 1 is 1.00 bits per heavy atom. The van der Waals surface area contributed by atoms with Crippen LogP contribution in [0.25, 0.3) is 10.9 Å². The van der Waals surface area contributed by atoms with E-state index in [1.807, 2.05) is 12.1 Å². The molecule has 0 saturated carbocycles. The quantitative estimate of drug-likeness (QED) is 0.634. The van der Waals surface area contributed by atoms with E-state index in [9.17, 15) is 9.59 Å². The Labute approximate surface area is 95.8 Å². The van der Waals surface area contributed by atoms with E-state index in [-0.39, 0.29) is 5.88 Å². The van der Waals surface area contributed by atoms with E-state index in [0.29, 0.717) is 5.52 Å². The fraction of sp³-hybridized carbons (Fsp3) is 0. The first kappa shape index (κ1) is 9.65. The maximum atomic E-state index is 11.3. The molecule has 5 heteroatoms. The van der Waals surface area contributed by atoms with Gasteiger partial charge >= 0.3 is 11.9 Å². The largest absolute Gasteiger partial charge is 0.403 e. The first-order valence-corrected chi connectivity index (χ1v) is 4.97. The summed E-state index contributed by atoms with van der Waals surface area (Å²) < 4.78 is 6.24. The van der Waals surface area contributed by atoms with Gasteiger partial charge in [0.25, 0.3) is 0 Å². The highest BCUT2D eigenvalue weighted by atomic mass is 16.7. The monoisotopic (exact) mass is 229 g/mol. The molecule has 0 amide bonds. The van der Waals surface area contributed by atoms with Gasteiger partial charge in [0.15, 0.2) is 0 Å².